The molecule has 1 aromatic rings. The van der Waals surface area contributed by atoms with Crippen molar-refractivity contribution in [2.24, 2.45) is 5.41 Å². The number of ether oxygens (including phenoxy) is 1. The molecule has 1 spiro atoms. The fourth-order valence-corrected chi connectivity index (χ4v) is 4.51. The fourth-order valence-electron chi connectivity index (χ4n) is 4.51. The van der Waals surface area contributed by atoms with Gasteiger partial charge in [-0.2, -0.15) is 0 Å². The van der Waals surface area contributed by atoms with Crippen LogP contribution in [-0.2, 0) is 4.74 Å². The van der Waals surface area contributed by atoms with Gasteiger partial charge in [0.25, 0.3) is 0 Å². The first-order chi connectivity index (χ1) is 10.8. The second kappa shape index (κ2) is 6.08. The van der Waals surface area contributed by atoms with Crippen LogP contribution in [0.25, 0.3) is 5.57 Å². The Hall–Kier alpha value is -1.28. The van der Waals surface area contributed by atoms with Gasteiger partial charge in [-0.15, -0.1) is 0 Å². The minimum atomic E-state index is 0.672. The molecule has 0 N–H and O–H groups in total. The van der Waals surface area contributed by atoms with Crippen LogP contribution in [0.4, 0.5) is 5.69 Å². The predicted octanol–water partition coefficient (Wildman–Crippen LogP) is 4.65. The Morgan fingerprint density at radius 1 is 1.00 bits per heavy atom. The predicted molar refractivity (Wildman–Crippen MR) is 92.2 cm³/mol. The topological polar surface area (TPSA) is 12.5 Å². The van der Waals surface area contributed by atoms with Gasteiger partial charge in [0, 0.05) is 18.8 Å². The lowest BCUT2D eigenvalue weighted by atomic mass is 9.73. The maximum atomic E-state index is 5.47. The molecule has 2 nitrogen and oxygen atoms in total. The monoisotopic (exact) mass is 297 g/mol. The Labute approximate surface area is 134 Å². The Balaban J connectivity index is 1.52. The van der Waals surface area contributed by atoms with Crippen molar-refractivity contribution in [1.82, 2.24) is 0 Å². The van der Waals surface area contributed by atoms with Crippen molar-refractivity contribution in [3.63, 3.8) is 0 Å². The van der Waals surface area contributed by atoms with Crippen molar-refractivity contribution in [3.05, 3.63) is 35.9 Å². The molecule has 0 radical (unpaired) electrons. The molecular weight excluding hydrogens is 270 g/mol. The van der Waals surface area contributed by atoms with E-state index in [1.807, 2.05) is 0 Å². The molecule has 1 aliphatic heterocycles. The first-order valence-electron chi connectivity index (χ1n) is 8.97. The van der Waals surface area contributed by atoms with Gasteiger partial charge in [-0.1, -0.05) is 31.1 Å². The minimum absolute atomic E-state index is 0.672. The van der Waals surface area contributed by atoms with Crippen molar-refractivity contribution in [3.8, 4) is 0 Å². The van der Waals surface area contributed by atoms with Crippen molar-refractivity contribution in [2.45, 2.75) is 44.9 Å². The number of hydrogen-bond donors (Lipinski definition) is 0. The number of morpholine rings is 1. The van der Waals surface area contributed by atoms with Crippen molar-refractivity contribution < 1.29 is 4.74 Å². The molecule has 1 aromatic carbocycles. The summed E-state index contributed by atoms with van der Waals surface area (Å²) in [6.45, 7) is 3.75. The molecule has 2 aliphatic carbocycles. The Bertz CT molecular complexity index is 551. The molecule has 4 rings (SSSR count). The van der Waals surface area contributed by atoms with E-state index in [4.69, 9.17) is 4.74 Å². The van der Waals surface area contributed by atoms with E-state index in [0.717, 1.165) is 26.3 Å². The molecular formula is C20H27NO. The maximum absolute atomic E-state index is 5.47. The Kier molecular flexibility index (Phi) is 3.96. The largest absolute Gasteiger partial charge is 0.378 e. The van der Waals surface area contributed by atoms with Crippen molar-refractivity contribution >= 4 is 11.3 Å². The summed E-state index contributed by atoms with van der Waals surface area (Å²) in [4.78, 5) is 2.45. The number of allylic oxidation sites excluding steroid dienone is 2. The van der Waals surface area contributed by atoms with Crippen LogP contribution in [-0.4, -0.2) is 26.3 Å². The van der Waals surface area contributed by atoms with Crippen LogP contribution < -0.4 is 4.90 Å². The summed E-state index contributed by atoms with van der Waals surface area (Å²) in [5, 5.41) is 0. The summed E-state index contributed by atoms with van der Waals surface area (Å²) in [5.74, 6) is 0. The third kappa shape index (κ3) is 2.81. The molecule has 0 amide bonds. The Morgan fingerprint density at radius 3 is 2.55 bits per heavy atom. The smallest absolute Gasteiger partial charge is 0.0642 e. The van der Waals surface area contributed by atoms with Crippen LogP contribution >= 0.6 is 0 Å². The number of rotatable bonds is 2. The number of hydrogen-bond acceptors (Lipinski definition) is 2. The van der Waals surface area contributed by atoms with Crippen molar-refractivity contribution in [2.75, 3.05) is 31.2 Å². The summed E-state index contributed by atoms with van der Waals surface area (Å²) in [6, 6.07) is 9.16. The fraction of sp³-hybridized carbons (Fsp3) is 0.600. The highest BCUT2D eigenvalue weighted by molar-refractivity contribution is 5.70. The first-order valence-corrected chi connectivity index (χ1v) is 8.97. The zero-order valence-electron chi connectivity index (χ0n) is 13.5. The van der Waals surface area contributed by atoms with Gasteiger partial charge in [-0.25, -0.2) is 0 Å². The highest BCUT2D eigenvalue weighted by atomic mass is 16.5. The zero-order valence-corrected chi connectivity index (χ0v) is 13.5. The molecule has 0 unspecified atom stereocenters. The summed E-state index contributed by atoms with van der Waals surface area (Å²) in [7, 11) is 0. The van der Waals surface area contributed by atoms with E-state index in [9.17, 15) is 0 Å². The summed E-state index contributed by atoms with van der Waals surface area (Å²) in [5.41, 5.74) is 5.05. The standard InChI is InChI=1S/C20H27NO/c1-2-9-20(8-1)10-6-17(7-11-20)18-4-3-5-19(16-18)21-12-14-22-15-13-21/h3-6,16H,1-2,7-15H2. The van der Waals surface area contributed by atoms with Gasteiger partial charge in [0.05, 0.1) is 13.2 Å². The van der Waals surface area contributed by atoms with Gasteiger partial charge in [0.2, 0.25) is 0 Å². The highest BCUT2D eigenvalue weighted by Gasteiger charge is 2.34. The van der Waals surface area contributed by atoms with Gasteiger partial charge < -0.3 is 9.64 Å². The van der Waals surface area contributed by atoms with Crippen LogP contribution in [0.3, 0.4) is 0 Å². The van der Waals surface area contributed by atoms with Gasteiger partial charge in [-0.3, -0.25) is 0 Å². The van der Waals surface area contributed by atoms with Crippen LogP contribution in [0.2, 0.25) is 0 Å². The third-order valence-corrected chi connectivity index (χ3v) is 5.96. The molecule has 0 aromatic heterocycles. The normalized spacial score (nSPS) is 24.5. The van der Waals surface area contributed by atoms with E-state index >= 15 is 0 Å². The molecule has 1 saturated carbocycles. The zero-order chi connectivity index (χ0) is 14.8. The quantitative estimate of drug-likeness (QED) is 0.788. The average Bonchev–Trinajstić information content (AvgIpc) is 3.05. The van der Waals surface area contributed by atoms with E-state index in [1.165, 1.54) is 56.2 Å². The maximum Gasteiger partial charge on any atom is 0.0642 e. The van der Waals surface area contributed by atoms with Gasteiger partial charge >= 0.3 is 0 Å². The average molecular weight is 297 g/mol. The van der Waals surface area contributed by atoms with Crippen LogP contribution in [0, 0.1) is 5.41 Å². The van der Waals surface area contributed by atoms with Crippen LogP contribution in [0.5, 0.6) is 0 Å². The highest BCUT2D eigenvalue weighted by Crippen LogP contribution is 2.49. The molecule has 118 valence electrons. The second-order valence-electron chi connectivity index (χ2n) is 7.29. The molecule has 22 heavy (non-hydrogen) atoms. The lowest BCUT2D eigenvalue weighted by Gasteiger charge is -2.33. The SMILES string of the molecule is C1=C(c2cccc(N3CCOCC3)c2)CCC2(C1)CCCC2. The van der Waals surface area contributed by atoms with E-state index in [1.54, 1.807) is 5.57 Å². The molecule has 1 saturated heterocycles. The van der Waals surface area contributed by atoms with E-state index in [-0.39, 0.29) is 0 Å². The number of benzene rings is 1. The lowest BCUT2D eigenvalue weighted by Crippen LogP contribution is -2.36. The molecule has 0 atom stereocenters. The Morgan fingerprint density at radius 2 is 1.82 bits per heavy atom. The van der Waals surface area contributed by atoms with Gasteiger partial charge in [-0.05, 0) is 60.8 Å². The van der Waals surface area contributed by atoms with E-state index in [0.29, 0.717) is 5.41 Å². The van der Waals surface area contributed by atoms with Crippen molar-refractivity contribution in [1.29, 1.82) is 0 Å². The molecule has 1 heterocycles. The lowest BCUT2D eigenvalue weighted by molar-refractivity contribution is 0.122. The first kappa shape index (κ1) is 14.3. The molecule has 2 heteroatoms. The summed E-state index contributed by atoms with van der Waals surface area (Å²) < 4.78 is 5.47. The van der Waals surface area contributed by atoms with Gasteiger partial charge in [0.1, 0.15) is 0 Å². The number of anilines is 1. The minimum Gasteiger partial charge on any atom is -0.378 e. The summed E-state index contributed by atoms with van der Waals surface area (Å²) in [6.07, 6.45) is 12.4. The molecule has 0 bridgehead atoms. The summed E-state index contributed by atoms with van der Waals surface area (Å²) >= 11 is 0. The van der Waals surface area contributed by atoms with Crippen LogP contribution in [0.15, 0.2) is 30.3 Å². The molecule has 3 aliphatic rings. The van der Waals surface area contributed by atoms with Crippen LogP contribution in [0.1, 0.15) is 50.5 Å². The van der Waals surface area contributed by atoms with Gasteiger partial charge in [0.15, 0.2) is 0 Å². The van der Waals surface area contributed by atoms with E-state index in [2.05, 4.69) is 35.2 Å². The third-order valence-electron chi connectivity index (χ3n) is 5.96. The number of nitrogens with zero attached hydrogens (tertiary/aromatic N) is 1. The molecule has 2 fully saturated rings. The second-order valence-corrected chi connectivity index (χ2v) is 7.29. The van der Waals surface area contributed by atoms with E-state index < -0.39 is 0 Å².